The van der Waals surface area contributed by atoms with Gasteiger partial charge in [0.25, 0.3) is 0 Å². The summed E-state index contributed by atoms with van der Waals surface area (Å²) in [6, 6.07) is 6.17. The first kappa shape index (κ1) is 15.8. The van der Waals surface area contributed by atoms with E-state index in [1.54, 1.807) is 12.1 Å². The van der Waals surface area contributed by atoms with E-state index in [0.29, 0.717) is 11.6 Å². The molecule has 5 nitrogen and oxygen atoms in total. The SMILES string of the molecule is C[C@H](O)C(=O)NCc1cccnc1Oc1ccc(F)cc1F. The van der Waals surface area contributed by atoms with Crippen LogP contribution in [-0.2, 0) is 11.3 Å². The number of carbonyl (C=O) groups is 1. The van der Waals surface area contributed by atoms with Crippen LogP contribution in [0.4, 0.5) is 8.78 Å². The Morgan fingerprint density at radius 1 is 1.41 bits per heavy atom. The van der Waals surface area contributed by atoms with Crippen molar-refractivity contribution >= 4 is 5.91 Å². The van der Waals surface area contributed by atoms with Crippen molar-refractivity contribution in [2.24, 2.45) is 0 Å². The third kappa shape index (κ3) is 3.98. The Morgan fingerprint density at radius 2 is 2.18 bits per heavy atom. The minimum atomic E-state index is -1.14. The molecule has 1 aromatic heterocycles. The largest absolute Gasteiger partial charge is 0.436 e. The van der Waals surface area contributed by atoms with Crippen molar-refractivity contribution in [1.82, 2.24) is 10.3 Å². The average molecular weight is 308 g/mol. The monoisotopic (exact) mass is 308 g/mol. The van der Waals surface area contributed by atoms with Gasteiger partial charge >= 0.3 is 0 Å². The minimum Gasteiger partial charge on any atom is -0.436 e. The molecule has 2 aromatic rings. The second-order valence-corrected chi connectivity index (χ2v) is 4.54. The summed E-state index contributed by atoms with van der Waals surface area (Å²) in [6.07, 6.45) is 0.298. The summed E-state index contributed by atoms with van der Waals surface area (Å²) in [6.45, 7) is 1.39. The van der Waals surface area contributed by atoms with Gasteiger partial charge in [0.05, 0.1) is 0 Å². The van der Waals surface area contributed by atoms with Crippen LogP contribution in [0.1, 0.15) is 12.5 Å². The van der Waals surface area contributed by atoms with Gasteiger partial charge in [0.2, 0.25) is 11.8 Å². The van der Waals surface area contributed by atoms with Crippen LogP contribution in [0.25, 0.3) is 0 Å². The summed E-state index contributed by atoms with van der Waals surface area (Å²) in [5, 5.41) is 11.6. The van der Waals surface area contributed by atoms with Crippen LogP contribution >= 0.6 is 0 Å². The van der Waals surface area contributed by atoms with Gasteiger partial charge in [-0.3, -0.25) is 4.79 Å². The van der Waals surface area contributed by atoms with E-state index in [0.717, 1.165) is 12.1 Å². The molecule has 0 bridgehead atoms. The first-order valence-electron chi connectivity index (χ1n) is 6.50. The highest BCUT2D eigenvalue weighted by atomic mass is 19.1. The number of amides is 1. The summed E-state index contributed by atoms with van der Waals surface area (Å²) < 4.78 is 31.8. The van der Waals surface area contributed by atoms with Gasteiger partial charge in [0.1, 0.15) is 11.9 Å². The number of hydrogen-bond acceptors (Lipinski definition) is 4. The Hall–Kier alpha value is -2.54. The Bertz CT molecular complexity index is 678. The maximum absolute atomic E-state index is 13.6. The van der Waals surface area contributed by atoms with Crippen molar-refractivity contribution in [3.63, 3.8) is 0 Å². The highest BCUT2D eigenvalue weighted by molar-refractivity contribution is 5.79. The number of carbonyl (C=O) groups excluding carboxylic acids is 1. The second-order valence-electron chi connectivity index (χ2n) is 4.54. The summed E-state index contributed by atoms with van der Waals surface area (Å²) in [5.74, 6) is -2.22. The number of pyridine rings is 1. The zero-order valence-corrected chi connectivity index (χ0v) is 11.7. The van der Waals surface area contributed by atoms with Crippen molar-refractivity contribution in [2.75, 3.05) is 0 Å². The molecule has 116 valence electrons. The van der Waals surface area contributed by atoms with Gasteiger partial charge < -0.3 is 15.2 Å². The maximum Gasteiger partial charge on any atom is 0.248 e. The van der Waals surface area contributed by atoms with E-state index in [2.05, 4.69) is 10.3 Å². The molecule has 0 aliphatic rings. The number of rotatable bonds is 5. The molecule has 0 spiro atoms. The van der Waals surface area contributed by atoms with Crippen molar-refractivity contribution < 1.29 is 23.4 Å². The van der Waals surface area contributed by atoms with Crippen LogP contribution in [0.2, 0.25) is 0 Å². The van der Waals surface area contributed by atoms with Crippen LogP contribution in [0.5, 0.6) is 11.6 Å². The maximum atomic E-state index is 13.6. The van der Waals surface area contributed by atoms with Gasteiger partial charge in [-0.1, -0.05) is 6.07 Å². The molecule has 0 aliphatic heterocycles. The van der Waals surface area contributed by atoms with E-state index in [4.69, 9.17) is 9.84 Å². The number of aliphatic hydroxyl groups excluding tert-OH is 1. The first-order valence-corrected chi connectivity index (χ1v) is 6.50. The summed E-state index contributed by atoms with van der Waals surface area (Å²) in [4.78, 5) is 15.3. The molecule has 22 heavy (non-hydrogen) atoms. The topological polar surface area (TPSA) is 71.5 Å². The molecule has 7 heteroatoms. The Balaban J connectivity index is 2.16. The van der Waals surface area contributed by atoms with E-state index < -0.39 is 23.6 Å². The van der Waals surface area contributed by atoms with Crippen LogP contribution in [0.15, 0.2) is 36.5 Å². The number of ether oxygens (including phenoxy) is 1. The van der Waals surface area contributed by atoms with Crippen LogP contribution < -0.4 is 10.1 Å². The number of hydrogen-bond donors (Lipinski definition) is 2. The number of nitrogens with zero attached hydrogens (tertiary/aromatic N) is 1. The fourth-order valence-corrected chi connectivity index (χ4v) is 1.64. The molecule has 1 aromatic carbocycles. The fraction of sp³-hybridized carbons (Fsp3) is 0.200. The molecule has 1 atom stereocenters. The predicted octanol–water partition coefficient (Wildman–Crippen LogP) is 2.15. The molecule has 0 radical (unpaired) electrons. The van der Waals surface area contributed by atoms with Gasteiger partial charge in [0, 0.05) is 24.4 Å². The molecular weight excluding hydrogens is 294 g/mol. The molecule has 0 saturated carbocycles. The third-order valence-electron chi connectivity index (χ3n) is 2.78. The Kier molecular flexibility index (Phi) is 5.00. The van der Waals surface area contributed by atoms with E-state index in [9.17, 15) is 13.6 Å². The summed E-state index contributed by atoms with van der Waals surface area (Å²) in [5.41, 5.74) is 0.486. The van der Waals surface area contributed by atoms with E-state index in [-0.39, 0.29) is 18.2 Å². The summed E-state index contributed by atoms with van der Waals surface area (Å²) >= 11 is 0. The van der Waals surface area contributed by atoms with Crippen LogP contribution in [0, 0.1) is 11.6 Å². The molecule has 1 amide bonds. The van der Waals surface area contributed by atoms with Crippen LogP contribution in [0.3, 0.4) is 0 Å². The zero-order valence-electron chi connectivity index (χ0n) is 11.7. The molecular formula is C15H14F2N2O3. The quantitative estimate of drug-likeness (QED) is 0.888. The van der Waals surface area contributed by atoms with Gasteiger partial charge in [-0.05, 0) is 25.1 Å². The molecule has 0 aliphatic carbocycles. The van der Waals surface area contributed by atoms with Crippen molar-refractivity contribution in [3.05, 3.63) is 53.7 Å². The molecule has 1 heterocycles. The average Bonchev–Trinajstić information content (AvgIpc) is 2.48. The number of aliphatic hydroxyl groups is 1. The standard InChI is InChI=1S/C15H14F2N2O3/c1-9(20)14(21)19-8-10-3-2-6-18-15(10)22-13-5-4-11(16)7-12(13)17/h2-7,9,20H,8H2,1H3,(H,19,21)/t9-/m0/s1. The van der Waals surface area contributed by atoms with Gasteiger partial charge in [0.15, 0.2) is 11.6 Å². The fourth-order valence-electron chi connectivity index (χ4n) is 1.64. The van der Waals surface area contributed by atoms with E-state index in [1.807, 2.05) is 0 Å². The Labute approximate surface area is 125 Å². The lowest BCUT2D eigenvalue weighted by Gasteiger charge is -2.12. The number of nitrogens with one attached hydrogen (secondary N) is 1. The van der Waals surface area contributed by atoms with Crippen LogP contribution in [-0.4, -0.2) is 22.1 Å². The third-order valence-corrected chi connectivity index (χ3v) is 2.78. The van der Waals surface area contributed by atoms with Gasteiger partial charge in [-0.25, -0.2) is 13.8 Å². The van der Waals surface area contributed by atoms with E-state index in [1.165, 1.54) is 13.1 Å². The normalized spacial score (nSPS) is 11.8. The lowest BCUT2D eigenvalue weighted by atomic mass is 10.2. The highest BCUT2D eigenvalue weighted by Crippen LogP contribution is 2.25. The van der Waals surface area contributed by atoms with Gasteiger partial charge in [-0.2, -0.15) is 0 Å². The molecule has 2 N–H and O–H groups in total. The molecule has 0 saturated heterocycles. The number of halogens is 2. The number of aromatic nitrogens is 1. The lowest BCUT2D eigenvalue weighted by Crippen LogP contribution is -2.32. The van der Waals surface area contributed by atoms with Crippen molar-refractivity contribution in [3.8, 4) is 11.6 Å². The van der Waals surface area contributed by atoms with Crippen molar-refractivity contribution in [2.45, 2.75) is 19.6 Å². The minimum absolute atomic E-state index is 0.0513. The second kappa shape index (κ2) is 6.95. The van der Waals surface area contributed by atoms with E-state index >= 15 is 0 Å². The summed E-state index contributed by atoms with van der Waals surface area (Å²) in [7, 11) is 0. The zero-order chi connectivity index (χ0) is 16.1. The first-order chi connectivity index (χ1) is 10.5. The highest BCUT2D eigenvalue weighted by Gasteiger charge is 2.13. The molecule has 2 rings (SSSR count). The van der Waals surface area contributed by atoms with Crippen molar-refractivity contribution in [1.29, 1.82) is 0 Å². The predicted molar refractivity (Wildman–Crippen MR) is 74.2 cm³/mol. The lowest BCUT2D eigenvalue weighted by molar-refractivity contribution is -0.128. The Morgan fingerprint density at radius 3 is 2.86 bits per heavy atom. The number of benzene rings is 1. The molecule has 0 unspecified atom stereocenters. The smallest absolute Gasteiger partial charge is 0.248 e. The molecule has 0 fully saturated rings. The van der Waals surface area contributed by atoms with Gasteiger partial charge in [-0.15, -0.1) is 0 Å².